The predicted octanol–water partition coefficient (Wildman–Crippen LogP) is 2.25. The fourth-order valence-electron chi connectivity index (χ4n) is 0.441. The summed E-state index contributed by atoms with van der Waals surface area (Å²) in [6.07, 6.45) is 0. The van der Waals surface area contributed by atoms with Crippen LogP contribution in [0.25, 0.3) is 0 Å². The predicted molar refractivity (Wildman–Crippen MR) is 44.5 cm³/mol. The first-order valence-corrected chi connectivity index (χ1v) is 3.06. The maximum absolute atomic E-state index is 5.58. The maximum atomic E-state index is 5.58. The van der Waals surface area contributed by atoms with Crippen LogP contribution in [0.2, 0.25) is 5.02 Å². The van der Waals surface area contributed by atoms with Gasteiger partial charge in [0.05, 0.1) is 0 Å². The standard InChI is InChI=1S/C6H5ClS.Pb/c7-5-1-3-6(8)4-2-5;/h1-4,8H;. The normalized spacial score (nSPS) is 8.22. The molecule has 0 heterocycles. The van der Waals surface area contributed by atoms with Gasteiger partial charge in [-0.3, -0.25) is 0 Å². The van der Waals surface area contributed by atoms with Crippen molar-refractivity contribution in [1.82, 2.24) is 0 Å². The van der Waals surface area contributed by atoms with Gasteiger partial charge >= 0.3 is 0 Å². The van der Waals surface area contributed by atoms with Crippen LogP contribution < -0.4 is 0 Å². The average Bonchev–Trinajstić information content (AvgIpc) is 1.77. The van der Waals surface area contributed by atoms with E-state index in [4.69, 9.17) is 11.6 Å². The van der Waals surface area contributed by atoms with Gasteiger partial charge in [-0.2, -0.15) is 0 Å². The zero-order chi connectivity index (χ0) is 5.98. The van der Waals surface area contributed by atoms with Gasteiger partial charge in [-0.25, -0.2) is 0 Å². The van der Waals surface area contributed by atoms with E-state index in [0.29, 0.717) is 0 Å². The molecule has 0 aliphatic carbocycles. The van der Waals surface area contributed by atoms with E-state index in [2.05, 4.69) is 12.6 Å². The van der Waals surface area contributed by atoms with E-state index in [-0.39, 0.29) is 27.3 Å². The minimum Gasteiger partial charge on any atom is -0.143 e. The molecule has 0 bridgehead atoms. The fraction of sp³-hybridized carbons (Fsp3) is 0. The van der Waals surface area contributed by atoms with Gasteiger partial charge in [0.2, 0.25) is 0 Å². The summed E-state index contributed by atoms with van der Waals surface area (Å²) in [6.45, 7) is 0. The third-order valence-electron chi connectivity index (χ3n) is 0.827. The molecule has 0 N–H and O–H groups in total. The summed E-state index contributed by atoms with van der Waals surface area (Å²) in [5, 5.41) is 0.753. The Labute approximate surface area is 85.2 Å². The number of benzene rings is 1. The first kappa shape index (κ1) is 9.78. The molecule has 1 rings (SSSR count). The molecule has 46 valence electrons. The summed E-state index contributed by atoms with van der Waals surface area (Å²) < 4.78 is 0. The second-order valence-corrected chi connectivity index (χ2v) is 2.43. The van der Waals surface area contributed by atoms with Crippen LogP contribution in [0, 0.1) is 0 Å². The Morgan fingerprint density at radius 3 is 1.89 bits per heavy atom. The van der Waals surface area contributed by atoms with Gasteiger partial charge in [0.15, 0.2) is 0 Å². The van der Waals surface area contributed by atoms with Gasteiger partial charge in [-0.15, -0.1) is 12.6 Å². The molecule has 0 saturated carbocycles. The van der Waals surface area contributed by atoms with Crippen molar-refractivity contribution < 1.29 is 0 Å². The zero-order valence-electron chi connectivity index (χ0n) is 4.63. The van der Waals surface area contributed by atoms with Crippen molar-refractivity contribution in [2.75, 3.05) is 0 Å². The molecule has 0 unspecified atom stereocenters. The Hall–Kier alpha value is 0.782. The summed E-state index contributed by atoms with van der Waals surface area (Å²) >= 11 is 9.65. The average molecular weight is 352 g/mol. The van der Waals surface area contributed by atoms with Crippen LogP contribution in [0.1, 0.15) is 0 Å². The van der Waals surface area contributed by atoms with E-state index in [1.807, 2.05) is 24.3 Å². The SMILES string of the molecule is Sc1ccc(Cl)cc1.[Pb]. The first-order chi connectivity index (χ1) is 3.79. The molecule has 9 heavy (non-hydrogen) atoms. The Morgan fingerprint density at radius 1 is 1.11 bits per heavy atom. The van der Waals surface area contributed by atoms with Crippen LogP contribution in [0.5, 0.6) is 0 Å². The van der Waals surface area contributed by atoms with Crippen molar-refractivity contribution >= 4 is 51.5 Å². The first-order valence-electron chi connectivity index (χ1n) is 2.23. The Bertz CT molecular complexity index is 152. The smallest absolute Gasteiger partial charge is 0.0406 e. The second kappa shape index (κ2) is 4.57. The molecule has 0 nitrogen and oxygen atoms in total. The molecule has 0 fully saturated rings. The van der Waals surface area contributed by atoms with Crippen molar-refractivity contribution in [2.45, 2.75) is 4.90 Å². The molecule has 1 aromatic carbocycles. The number of thiol groups is 1. The van der Waals surface area contributed by atoms with Crippen LogP contribution in [-0.4, -0.2) is 27.3 Å². The van der Waals surface area contributed by atoms with Crippen molar-refractivity contribution in [3.05, 3.63) is 29.3 Å². The molecular formula is C6H5ClPbS. The van der Waals surface area contributed by atoms with E-state index in [0.717, 1.165) is 9.92 Å². The minimum atomic E-state index is 0. The van der Waals surface area contributed by atoms with Gasteiger partial charge in [-0.1, -0.05) is 11.6 Å². The van der Waals surface area contributed by atoms with E-state index in [1.54, 1.807) is 0 Å². The number of rotatable bonds is 0. The van der Waals surface area contributed by atoms with Crippen LogP contribution >= 0.6 is 24.2 Å². The summed E-state index contributed by atoms with van der Waals surface area (Å²) in [4.78, 5) is 0.939. The molecule has 3 heteroatoms. The Morgan fingerprint density at radius 2 is 1.56 bits per heavy atom. The molecule has 0 aromatic heterocycles. The molecule has 0 amide bonds. The summed E-state index contributed by atoms with van der Waals surface area (Å²) in [7, 11) is 0. The number of halogens is 1. The van der Waals surface area contributed by atoms with Gasteiger partial charge in [0.1, 0.15) is 0 Å². The van der Waals surface area contributed by atoms with Crippen molar-refractivity contribution in [3.8, 4) is 0 Å². The van der Waals surface area contributed by atoms with E-state index in [9.17, 15) is 0 Å². The molecule has 0 saturated heterocycles. The van der Waals surface area contributed by atoms with E-state index >= 15 is 0 Å². The molecule has 0 atom stereocenters. The molecule has 0 aliphatic heterocycles. The van der Waals surface area contributed by atoms with Crippen LogP contribution in [-0.2, 0) is 0 Å². The van der Waals surface area contributed by atoms with Crippen molar-refractivity contribution in [2.24, 2.45) is 0 Å². The van der Waals surface area contributed by atoms with Gasteiger partial charge in [0.25, 0.3) is 0 Å². The fourth-order valence-corrected chi connectivity index (χ4v) is 0.716. The van der Waals surface area contributed by atoms with E-state index < -0.39 is 0 Å². The topological polar surface area (TPSA) is 0 Å². The van der Waals surface area contributed by atoms with Gasteiger partial charge in [0, 0.05) is 37.2 Å². The molecule has 4 radical (unpaired) electrons. The molecule has 1 aromatic rings. The number of hydrogen-bond donors (Lipinski definition) is 1. The summed E-state index contributed by atoms with van der Waals surface area (Å²) in [6, 6.07) is 7.32. The molecule has 0 aliphatic rings. The van der Waals surface area contributed by atoms with Gasteiger partial charge < -0.3 is 0 Å². The monoisotopic (exact) mass is 352 g/mol. The molecular weight excluding hydrogens is 347 g/mol. The van der Waals surface area contributed by atoms with Crippen molar-refractivity contribution in [1.29, 1.82) is 0 Å². The van der Waals surface area contributed by atoms with Gasteiger partial charge in [-0.05, 0) is 24.3 Å². The zero-order valence-corrected chi connectivity index (χ0v) is 10.2. The third kappa shape index (κ3) is 3.47. The second-order valence-electron chi connectivity index (χ2n) is 1.48. The Kier molecular flexibility index (Phi) is 4.97. The van der Waals surface area contributed by atoms with Crippen LogP contribution in [0.15, 0.2) is 29.2 Å². The van der Waals surface area contributed by atoms with Crippen LogP contribution in [0.3, 0.4) is 0 Å². The Balaban J connectivity index is 0.000000640. The maximum Gasteiger partial charge on any atom is 0.0406 e. The summed E-state index contributed by atoms with van der Waals surface area (Å²) in [5.41, 5.74) is 0. The molecule has 0 spiro atoms. The largest absolute Gasteiger partial charge is 0.143 e. The third-order valence-corrected chi connectivity index (χ3v) is 1.38. The quantitative estimate of drug-likeness (QED) is 0.538. The number of hydrogen-bond acceptors (Lipinski definition) is 1. The van der Waals surface area contributed by atoms with Crippen molar-refractivity contribution in [3.63, 3.8) is 0 Å². The minimum absolute atomic E-state index is 0. The summed E-state index contributed by atoms with van der Waals surface area (Å²) in [5.74, 6) is 0. The van der Waals surface area contributed by atoms with Crippen LogP contribution in [0.4, 0.5) is 0 Å². The van der Waals surface area contributed by atoms with E-state index in [1.165, 1.54) is 0 Å².